The highest BCUT2D eigenvalue weighted by molar-refractivity contribution is 5.95. The molecule has 7 heteroatoms. The zero-order valence-electron chi connectivity index (χ0n) is 15.9. The van der Waals surface area contributed by atoms with Crippen LogP contribution in [0.25, 0.3) is 0 Å². The highest BCUT2D eigenvalue weighted by atomic mass is 16.2. The van der Waals surface area contributed by atoms with Crippen LogP contribution in [0.1, 0.15) is 32.1 Å². The second-order valence-electron chi connectivity index (χ2n) is 7.24. The number of benzene rings is 1. The van der Waals surface area contributed by atoms with Gasteiger partial charge in [-0.1, -0.05) is 31.0 Å². The van der Waals surface area contributed by atoms with Crippen LogP contribution in [0.15, 0.2) is 35.3 Å². The van der Waals surface area contributed by atoms with E-state index in [2.05, 4.69) is 20.9 Å². The highest BCUT2D eigenvalue weighted by Crippen LogP contribution is 2.27. The number of carbonyl (C=O) groups excluding carboxylic acids is 2. The molecule has 3 rings (SSSR count). The van der Waals surface area contributed by atoms with Crippen molar-refractivity contribution >= 4 is 23.5 Å². The lowest BCUT2D eigenvalue weighted by molar-refractivity contribution is -0.134. The van der Waals surface area contributed by atoms with Gasteiger partial charge >= 0.3 is 0 Å². The highest BCUT2D eigenvalue weighted by Gasteiger charge is 2.32. The smallest absolute Gasteiger partial charge is 0.243 e. The number of hydrogen-bond donors (Lipinski definition) is 3. The lowest BCUT2D eigenvalue weighted by Crippen LogP contribution is -2.47. The third kappa shape index (κ3) is 5.45. The Morgan fingerprint density at radius 1 is 1.15 bits per heavy atom. The molecular weight excluding hydrogens is 342 g/mol. The molecule has 27 heavy (non-hydrogen) atoms. The minimum atomic E-state index is -0.131. The molecule has 1 aromatic carbocycles. The van der Waals surface area contributed by atoms with Gasteiger partial charge in [0.15, 0.2) is 5.96 Å². The number of guanidine groups is 1. The van der Waals surface area contributed by atoms with Crippen molar-refractivity contribution in [3.05, 3.63) is 30.3 Å². The third-order valence-electron chi connectivity index (χ3n) is 5.24. The van der Waals surface area contributed by atoms with E-state index in [-0.39, 0.29) is 24.4 Å². The fraction of sp³-hybridized carbons (Fsp3) is 0.550. The number of anilines is 1. The Kier molecular flexibility index (Phi) is 6.68. The molecule has 0 bridgehead atoms. The number of para-hydroxylation sites is 1. The van der Waals surface area contributed by atoms with Gasteiger partial charge in [0.05, 0.1) is 6.54 Å². The van der Waals surface area contributed by atoms with Crippen molar-refractivity contribution in [1.29, 1.82) is 0 Å². The molecule has 2 aliphatic rings. The van der Waals surface area contributed by atoms with Gasteiger partial charge in [0, 0.05) is 37.8 Å². The molecule has 0 aromatic heterocycles. The summed E-state index contributed by atoms with van der Waals surface area (Å²) < 4.78 is 0. The molecule has 1 unspecified atom stereocenters. The number of likely N-dealkylation sites (tertiary alicyclic amines) is 1. The molecular formula is C20H29N5O2. The summed E-state index contributed by atoms with van der Waals surface area (Å²) in [6.45, 7) is 1.62. The number of nitrogens with one attached hydrogen (secondary N) is 3. The van der Waals surface area contributed by atoms with E-state index in [0.29, 0.717) is 18.4 Å². The molecule has 2 amide bonds. The van der Waals surface area contributed by atoms with Crippen LogP contribution in [0.3, 0.4) is 0 Å². The Morgan fingerprint density at radius 3 is 2.59 bits per heavy atom. The molecule has 146 valence electrons. The summed E-state index contributed by atoms with van der Waals surface area (Å²) in [5, 5.41) is 9.20. The van der Waals surface area contributed by atoms with Crippen LogP contribution >= 0.6 is 0 Å². The molecule has 1 heterocycles. The van der Waals surface area contributed by atoms with Crippen LogP contribution in [-0.4, -0.2) is 55.4 Å². The summed E-state index contributed by atoms with van der Waals surface area (Å²) in [6.07, 6.45) is 5.32. The SMILES string of the molecule is CN=C(NCC(=O)Nc1ccccc1)NC1CCN(C(=O)C2CCCC2)C1. The zero-order valence-corrected chi connectivity index (χ0v) is 15.9. The second kappa shape index (κ2) is 9.39. The lowest BCUT2D eigenvalue weighted by atomic mass is 10.1. The van der Waals surface area contributed by atoms with Crippen LogP contribution < -0.4 is 16.0 Å². The van der Waals surface area contributed by atoms with Crippen LogP contribution in [0.4, 0.5) is 5.69 Å². The number of aliphatic imine (C=N–C) groups is 1. The number of carbonyl (C=O) groups is 2. The van der Waals surface area contributed by atoms with Gasteiger partial charge in [-0.3, -0.25) is 14.6 Å². The van der Waals surface area contributed by atoms with Gasteiger partial charge in [0.25, 0.3) is 0 Å². The lowest BCUT2D eigenvalue weighted by Gasteiger charge is -2.21. The number of rotatable bonds is 5. The Bertz CT molecular complexity index is 670. The summed E-state index contributed by atoms with van der Waals surface area (Å²) in [5.41, 5.74) is 0.768. The number of hydrogen-bond acceptors (Lipinski definition) is 3. The largest absolute Gasteiger partial charge is 0.352 e. The van der Waals surface area contributed by atoms with Crippen LogP contribution in [0.5, 0.6) is 0 Å². The molecule has 1 aliphatic carbocycles. The van der Waals surface area contributed by atoms with E-state index in [1.54, 1.807) is 7.05 Å². The van der Waals surface area contributed by atoms with Crippen molar-refractivity contribution in [2.45, 2.75) is 38.1 Å². The molecule has 0 spiro atoms. The third-order valence-corrected chi connectivity index (χ3v) is 5.24. The first kappa shape index (κ1) is 19.2. The fourth-order valence-electron chi connectivity index (χ4n) is 3.79. The van der Waals surface area contributed by atoms with Crippen molar-refractivity contribution in [3.8, 4) is 0 Å². The van der Waals surface area contributed by atoms with Gasteiger partial charge in [-0.15, -0.1) is 0 Å². The van der Waals surface area contributed by atoms with Crippen LogP contribution in [0, 0.1) is 5.92 Å². The molecule has 1 saturated heterocycles. The van der Waals surface area contributed by atoms with Gasteiger partial charge in [-0.05, 0) is 31.4 Å². The standard InChI is InChI=1S/C20H29N5O2/c1-21-20(22-13-18(26)23-16-9-3-2-4-10-16)24-17-11-12-25(14-17)19(27)15-7-5-6-8-15/h2-4,9-10,15,17H,5-8,11-14H2,1H3,(H,23,26)(H2,21,22,24). The molecule has 1 aliphatic heterocycles. The first-order valence-electron chi connectivity index (χ1n) is 9.76. The second-order valence-corrected chi connectivity index (χ2v) is 7.24. The van der Waals surface area contributed by atoms with E-state index >= 15 is 0 Å². The summed E-state index contributed by atoms with van der Waals surface area (Å²) in [7, 11) is 1.68. The first-order valence-corrected chi connectivity index (χ1v) is 9.76. The fourth-order valence-corrected chi connectivity index (χ4v) is 3.79. The van der Waals surface area contributed by atoms with Gasteiger partial charge in [0.2, 0.25) is 11.8 Å². The van der Waals surface area contributed by atoms with Gasteiger partial charge < -0.3 is 20.9 Å². The van der Waals surface area contributed by atoms with E-state index in [0.717, 1.165) is 31.5 Å². The predicted octanol–water partition coefficient (Wildman–Crippen LogP) is 1.58. The number of amides is 2. The molecule has 2 fully saturated rings. The van der Waals surface area contributed by atoms with Crippen LogP contribution in [0.2, 0.25) is 0 Å². The molecule has 1 aromatic rings. The maximum Gasteiger partial charge on any atom is 0.243 e. The van der Waals surface area contributed by atoms with E-state index in [1.165, 1.54) is 12.8 Å². The normalized spacial score (nSPS) is 20.6. The zero-order chi connectivity index (χ0) is 19.1. The summed E-state index contributed by atoms with van der Waals surface area (Å²) in [6, 6.07) is 9.52. The van der Waals surface area contributed by atoms with Crippen molar-refractivity contribution in [2.75, 3.05) is 32.0 Å². The summed E-state index contributed by atoms with van der Waals surface area (Å²) in [5.74, 6) is 0.983. The van der Waals surface area contributed by atoms with Gasteiger partial charge in [-0.2, -0.15) is 0 Å². The summed E-state index contributed by atoms with van der Waals surface area (Å²) >= 11 is 0. The van der Waals surface area contributed by atoms with Gasteiger partial charge in [-0.25, -0.2) is 0 Å². The molecule has 0 radical (unpaired) electrons. The average Bonchev–Trinajstić information content (AvgIpc) is 3.37. The average molecular weight is 371 g/mol. The van der Waals surface area contributed by atoms with E-state index < -0.39 is 0 Å². The number of nitrogens with zero attached hydrogens (tertiary/aromatic N) is 2. The van der Waals surface area contributed by atoms with Crippen LogP contribution in [-0.2, 0) is 9.59 Å². The Hall–Kier alpha value is -2.57. The van der Waals surface area contributed by atoms with E-state index in [1.807, 2.05) is 35.2 Å². The van der Waals surface area contributed by atoms with Crippen molar-refractivity contribution in [3.63, 3.8) is 0 Å². The van der Waals surface area contributed by atoms with E-state index in [9.17, 15) is 9.59 Å². The van der Waals surface area contributed by atoms with Crippen molar-refractivity contribution in [1.82, 2.24) is 15.5 Å². The molecule has 1 atom stereocenters. The summed E-state index contributed by atoms with van der Waals surface area (Å²) in [4.78, 5) is 30.7. The predicted molar refractivity (Wildman–Crippen MR) is 107 cm³/mol. The first-order chi connectivity index (χ1) is 13.2. The van der Waals surface area contributed by atoms with Crippen molar-refractivity contribution in [2.24, 2.45) is 10.9 Å². The Balaban J connectivity index is 1.41. The minimum absolute atomic E-state index is 0.131. The van der Waals surface area contributed by atoms with Gasteiger partial charge in [0.1, 0.15) is 0 Å². The maximum absolute atomic E-state index is 12.5. The van der Waals surface area contributed by atoms with Crippen molar-refractivity contribution < 1.29 is 9.59 Å². The molecule has 3 N–H and O–H groups in total. The Morgan fingerprint density at radius 2 is 1.89 bits per heavy atom. The monoisotopic (exact) mass is 371 g/mol. The Labute approximate surface area is 160 Å². The molecule has 1 saturated carbocycles. The minimum Gasteiger partial charge on any atom is -0.352 e. The van der Waals surface area contributed by atoms with E-state index in [4.69, 9.17) is 0 Å². The maximum atomic E-state index is 12.5. The topological polar surface area (TPSA) is 85.8 Å². The quantitative estimate of drug-likeness (QED) is 0.542. The molecule has 7 nitrogen and oxygen atoms in total.